The maximum absolute atomic E-state index is 13.0. The quantitative estimate of drug-likeness (QED) is 0.662. The lowest BCUT2D eigenvalue weighted by Crippen LogP contribution is -2.47. The number of ether oxygens (including phenoxy) is 2. The normalized spacial score (nSPS) is 16.8. The van der Waals surface area contributed by atoms with Crippen LogP contribution >= 0.6 is 0 Å². The van der Waals surface area contributed by atoms with Crippen LogP contribution in [0.4, 0.5) is 0 Å². The Labute approximate surface area is 170 Å². The van der Waals surface area contributed by atoms with E-state index in [0.717, 1.165) is 38.5 Å². The molecule has 2 aromatic rings. The number of fused-ring (bicyclic) bond motifs is 1. The molecule has 0 saturated carbocycles. The monoisotopic (exact) mass is 402 g/mol. The first-order valence-corrected chi connectivity index (χ1v) is 10.4. The van der Waals surface area contributed by atoms with Crippen molar-refractivity contribution in [1.29, 1.82) is 0 Å². The predicted molar refractivity (Wildman–Crippen MR) is 112 cm³/mol. The van der Waals surface area contributed by atoms with Gasteiger partial charge in [-0.05, 0) is 43.9 Å². The van der Waals surface area contributed by atoms with E-state index in [1.54, 1.807) is 30.2 Å². The number of methoxy groups -OCH3 is 1. The molecule has 1 aliphatic heterocycles. The van der Waals surface area contributed by atoms with Crippen molar-refractivity contribution in [3.8, 4) is 11.5 Å². The number of carbonyl (C=O) groups is 1. The van der Waals surface area contributed by atoms with Crippen molar-refractivity contribution in [2.45, 2.75) is 51.5 Å². The number of piperidine rings is 1. The highest BCUT2D eigenvalue weighted by Gasteiger charge is 2.29. The number of pyridine rings is 1. The molecular formula is C22H30N2O5. The lowest BCUT2D eigenvalue weighted by atomic mass is 10.0. The lowest BCUT2D eigenvalue weighted by molar-refractivity contribution is 0.0501. The summed E-state index contributed by atoms with van der Waals surface area (Å²) in [5, 5.41) is 10.3. The second kappa shape index (κ2) is 9.78. The second-order valence-corrected chi connectivity index (χ2v) is 7.46. The third-order valence-corrected chi connectivity index (χ3v) is 5.48. The van der Waals surface area contributed by atoms with Crippen LogP contribution in [-0.4, -0.2) is 53.8 Å². The number of hydrogen-bond acceptors (Lipinski definition) is 5. The van der Waals surface area contributed by atoms with Crippen molar-refractivity contribution in [3.05, 3.63) is 34.1 Å². The summed E-state index contributed by atoms with van der Waals surface area (Å²) < 4.78 is 11.3. The molecule has 1 aromatic heterocycles. The van der Waals surface area contributed by atoms with Crippen molar-refractivity contribution in [3.63, 3.8) is 0 Å². The van der Waals surface area contributed by atoms with Gasteiger partial charge in [-0.25, -0.2) is 0 Å². The van der Waals surface area contributed by atoms with E-state index in [2.05, 4.69) is 11.9 Å². The largest absolute Gasteiger partial charge is 0.493 e. The molecule has 1 saturated heterocycles. The molecule has 0 bridgehead atoms. The lowest BCUT2D eigenvalue weighted by Gasteiger charge is -2.34. The number of aromatic amines is 1. The number of amides is 1. The van der Waals surface area contributed by atoms with Crippen LogP contribution in [-0.2, 0) is 0 Å². The number of aliphatic hydroxyl groups excluding tert-OH is 1. The number of nitrogens with one attached hydrogen (secondary N) is 1. The average molecular weight is 402 g/mol. The Kier molecular flexibility index (Phi) is 7.14. The molecule has 0 spiro atoms. The number of likely N-dealkylation sites (tertiary alicyclic amines) is 1. The fourth-order valence-corrected chi connectivity index (χ4v) is 3.83. The van der Waals surface area contributed by atoms with E-state index in [1.165, 1.54) is 0 Å². The first kappa shape index (κ1) is 21.2. The van der Waals surface area contributed by atoms with Crippen molar-refractivity contribution in [2.24, 2.45) is 0 Å². The predicted octanol–water partition coefficient (Wildman–Crippen LogP) is 3.09. The number of H-pyrrole nitrogens is 1. The number of carbonyl (C=O) groups excluding carboxylic acids is 1. The molecule has 1 unspecified atom stereocenters. The van der Waals surface area contributed by atoms with Crippen LogP contribution in [0.1, 0.15) is 55.8 Å². The Morgan fingerprint density at radius 3 is 2.86 bits per heavy atom. The smallest absolute Gasteiger partial charge is 0.261 e. The number of nitrogens with zero attached hydrogens (tertiary/aromatic N) is 1. The second-order valence-electron chi connectivity index (χ2n) is 7.46. The molecule has 3 rings (SSSR count). The van der Waals surface area contributed by atoms with Crippen molar-refractivity contribution in [2.75, 3.05) is 26.9 Å². The Balaban J connectivity index is 1.96. The third-order valence-electron chi connectivity index (χ3n) is 5.48. The highest BCUT2D eigenvalue weighted by molar-refractivity contribution is 5.98. The first-order valence-electron chi connectivity index (χ1n) is 10.4. The van der Waals surface area contributed by atoms with Gasteiger partial charge in [-0.1, -0.05) is 19.8 Å². The number of benzene rings is 1. The molecule has 7 heteroatoms. The highest BCUT2D eigenvalue weighted by atomic mass is 16.5. The minimum Gasteiger partial charge on any atom is -0.493 e. The molecule has 0 radical (unpaired) electrons. The van der Waals surface area contributed by atoms with Gasteiger partial charge in [0, 0.05) is 11.9 Å². The Morgan fingerprint density at radius 1 is 1.31 bits per heavy atom. The number of rotatable bonds is 8. The molecule has 1 fully saturated rings. The zero-order valence-electron chi connectivity index (χ0n) is 17.2. The van der Waals surface area contributed by atoms with Gasteiger partial charge in [-0.15, -0.1) is 0 Å². The van der Waals surface area contributed by atoms with Gasteiger partial charge in [0.2, 0.25) is 0 Å². The Bertz CT molecular complexity index is 908. The summed E-state index contributed by atoms with van der Waals surface area (Å²) in [6, 6.07) is 4.96. The van der Waals surface area contributed by atoms with Gasteiger partial charge in [0.1, 0.15) is 5.56 Å². The number of hydrogen-bond donors (Lipinski definition) is 2. The van der Waals surface area contributed by atoms with Gasteiger partial charge in [0.25, 0.3) is 11.5 Å². The molecule has 0 aliphatic carbocycles. The van der Waals surface area contributed by atoms with Gasteiger partial charge in [0.15, 0.2) is 11.5 Å². The summed E-state index contributed by atoms with van der Waals surface area (Å²) >= 11 is 0. The van der Waals surface area contributed by atoms with Gasteiger partial charge in [-0.3, -0.25) is 9.59 Å². The van der Waals surface area contributed by atoms with E-state index in [0.29, 0.717) is 35.6 Å². The minimum atomic E-state index is -0.462. The van der Waals surface area contributed by atoms with Crippen LogP contribution in [0.3, 0.4) is 0 Å². The van der Waals surface area contributed by atoms with Crippen LogP contribution in [0, 0.1) is 0 Å². The summed E-state index contributed by atoms with van der Waals surface area (Å²) in [6.07, 6.45) is 5.66. The Hall–Kier alpha value is -2.54. The average Bonchev–Trinajstić information content (AvgIpc) is 2.75. The van der Waals surface area contributed by atoms with Crippen molar-refractivity contribution in [1.82, 2.24) is 9.88 Å². The molecule has 7 nitrogen and oxygen atoms in total. The molecule has 1 atom stereocenters. The van der Waals surface area contributed by atoms with E-state index in [1.807, 2.05) is 0 Å². The van der Waals surface area contributed by atoms with Gasteiger partial charge >= 0.3 is 0 Å². The number of unbranched alkanes of at least 4 members (excludes halogenated alkanes) is 2. The molecule has 29 heavy (non-hydrogen) atoms. The van der Waals surface area contributed by atoms with Crippen LogP contribution in [0.15, 0.2) is 23.0 Å². The molecule has 2 heterocycles. The van der Waals surface area contributed by atoms with E-state index in [4.69, 9.17) is 9.47 Å². The van der Waals surface area contributed by atoms with Crippen LogP contribution in [0.25, 0.3) is 10.9 Å². The van der Waals surface area contributed by atoms with E-state index < -0.39 is 5.56 Å². The number of aromatic nitrogens is 1. The highest BCUT2D eigenvalue weighted by Crippen LogP contribution is 2.34. The fourth-order valence-electron chi connectivity index (χ4n) is 3.83. The van der Waals surface area contributed by atoms with E-state index in [9.17, 15) is 14.7 Å². The minimum absolute atomic E-state index is 0.0833. The van der Waals surface area contributed by atoms with Crippen LogP contribution < -0.4 is 15.0 Å². The van der Waals surface area contributed by atoms with Gasteiger partial charge < -0.3 is 24.5 Å². The van der Waals surface area contributed by atoms with E-state index >= 15 is 0 Å². The molecule has 2 N–H and O–H groups in total. The standard InChI is InChI=1S/C22H30N2O5/c1-3-4-7-12-29-20-18(28-2)10-9-15-13-17(21(26)23-19(15)20)22(27)24-11-6-5-8-16(24)14-25/h9-10,13,16,25H,3-8,11-12,14H2,1-2H3,(H,23,26). The fraction of sp³-hybridized carbons (Fsp3) is 0.545. The first-order chi connectivity index (χ1) is 14.1. The molecular weight excluding hydrogens is 372 g/mol. The molecule has 1 aliphatic rings. The van der Waals surface area contributed by atoms with Crippen molar-refractivity contribution < 1.29 is 19.4 Å². The summed E-state index contributed by atoms with van der Waals surface area (Å²) in [4.78, 5) is 30.2. The van der Waals surface area contributed by atoms with E-state index in [-0.39, 0.29) is 24.1 Å². The Morgan fingerprint density at radius 2 is 2.14 bits per heavy atom. The molecule has 1 amide bonds. The summed E-state index contributed by atoms with van der Waals surface area (Å²) in [5.41, 5.74) is 0.149. The summed E-state index contributed by atoms with van der Waals surface area (Å²) in [6.45, 7) is 3.11. The summed E-state index contributed by atoms with van der Waals surface area (Å²) in [7, 11) is 1.56. The van der Waals surface area contributed by atoms with Gasteiger partial charge in [0.05, 0.1) is 31.9 Å². The topological polar surface area (TPSA) is 91.9 Å². The van der Waals surface area contributed by atoms with Crippen LogP contribution in [0.5, 0.6) is 11.5 Å². The van der Waals surface area contributed by atoms with Crippen molar-refractivity contribution >= 4 is 16.8 Å². The molecule has 158 valence electrons. The number of aliphatic hydroxyl groups is 1. The van der Waals surface area contributed by atoms with Crippen LogP contribution in [0.2, 0.25) is 0 Å². The van der Waals surface area contributed by atoms with Gasteiger partial charge in [-0.2, -0.15) is 0 Å². The summed E-state index contributed by atoms with van der Waals surface area (Å²) in [5.74, 6) is 0.691. The molecule has 1 aromatic carbocycles. The third kappa shape index (κ3) is 4.56. The zero-order chi connectivity index (χ0) is 20.8. The maximum atomic E-state index is 13.0. The maximum Gasteiger partial charge on any atom is 0.261 e. The SMILES string of the molecule is CCCCCOc1c(OC)ccc2cc(C(=O)N3CCCCC3CO)c(=O)[nH]c12. The zero-order valence-corrected chi connectivity index (χ0v) is 17.2.